The Morgan fingerprint density at radius 3 is 2.48 bits per heavy atom. The molecule has 1 aromatic rings. The Labute approximate surface area is 128 Å². The van der Waals surface area contributed by atoms with Gasteiger partial charge >= 0.3 is 0 Å². The van der Waals surface area contributed by atoms with Crippen molar-refractivity contribution >= 4 is 5.69 Å². The first-order chi connectivity index (χ1) is 10.3. The largest absolute Gasteiger partial charge is 0.396 e. The molecule has 1 aromatic carbocycles. The Balaban J connectivity index is 1.54. The van der Waals surface area contributed by atoms with Crippen molar-refractivity contribution in [2.24, 2.45) is 11.8 Å². The molecule has 1 aliphatic carbocycles. The molecular weight excluding hydrogens is 260 g/mol. The number of likely N-dealkylation sites (tertiary alicyclic amines) is 1. The van der Waals surface area contributed by atoms with Crippen molar-refractivity contribution in [3.63, 3.8) is 0 Å². The van der Waals surface area contributed by atoms with Gasteiger partial charge in [0, 0.05) is 25.4 Å². The quantitative estimate of drug-likeness (QED) is 0.844. The fourth-order valence-electron chi connectivity index (χ4n) is 3.35. The summed E-state index contributed by atoms with van der Waals surface area (Å²) in [6.07, 6.45) is 6.46. The van der Waals surface area contributed by atoms with Gasteiger partial charge in [0.25, 0.3) is 0 Å². The first-order valence-electron chi connectivity index (χ1n) is 8.50. The lowest BCUT2D eigenvalue weighted by Crippen LogP contribution is -2.34. The van der Waals surface area contributed by atoms with E-state index in [4.69, 9.17) is 0 Å². The Hall–Kier alpha value is -1.06. The molecule has 2 fully saturated rings. The number of nitrogens with zero attached hydrogens (tertiary/aromatic N) is 1. The molecule has 0 aromatic heterocycles. The van der Waals surface area contributed by atoms with Gasteiger partial charge in [-0.25, -0.2) is 0 Å². The minimum Gasteiger partial charge on any atom is -0.396 e. The first kappa shape index (κ1) is 14.9. The molecule has 1 saturated carbocycles. The van der Waals surface area contributed by atoms with Gasteiger partial charge in [-0.1, -0.05) is 24.6 Å². The van der Waals surface area contributed by atoms with Crippen molar-refractivity contribution in [1.82, 2.24) is 4.90 Å². The van der Waals surface area contributed by atoms with Crippen molar-refractivity contribution in [3.05, 3.63) is 29.8 Å². The van der Waals surface area contributed by atoms with Gasteiger partial charge in [0.2, 0.25) is 0 Å². The number of rotatable bonds is 6. The Morgan fingerprint density at radius 1 is 1.05 bits per heavy atom. The van der Waals surface area contributed by atoms with Crippen LogP contribution in [-0.2, 0) is 6.54 Å². The van der Waals surface area contributed by atoms with Crippen LogP contribution in [-0.4, -0.2) is 36.2 Å². The monoisotopic (exact) mass is 288 g/mol. The van der Waals surface area contributed by atoms with E-state index < -0.39 is 0 Å². The Kier molecular flexibility index (Phi) is 5.15. The van der Waals surface area contributed by atoms with Gasteiger partial charge in [-0.2, -0.15) is 0 Å². The molecule has 0 amide bonds. The highest BCUT2D eigenvalue weighted by atomic mass is 16.3. The van der Waals surface area contributed by atoms with E-state index in [0.717, 1.165) is 44.9 Å². The highest BCUT2D eigenvalue weighted by Gasteiger charge is 2.20. The van der Waals surface area contributed by atoms with Crippen LogP contribution >= 0.6 is 0 Å². The standard InChI is InChI=1S/C18H28N2O/c21-14-16-8-10-20(11-9-16)13-17-6-1-2-7-18(17)19-12-15-4-3-5-15/h1-2,6-7,15-16,19,21H,3-5,8-14H2. The topological polar surface area (TPSA) is 35.5 Å². The summed E-state index contributed by atoms with van der Waals surface area (Å²) in [6, 6.07) is 8.74. The number of anilines is 1. The highest BCUT2D eigenvalue weighted by molar-refractivity contribution is 5.51. The molecule has 2 aliphatic rings. The van der Waals surface area contributed by atoms with E-state index in [1.165, 1.54) is 30.5 Å². The van der Waals surface area contributed by atoms with Crippen LogP contribution in [0.2, 0.25) is 0 Å². The van der Waals surface area contributed by atoms with Gasteiger partial charge in [-0.05, 0) is 62.2 Å². The normalized spacial score (nSPS) is 21.2. The summed E-state index contributed by atoms with van der Waals surface area (Å²) < 4.78 is 0. The maximum absolute atomic E-state index is 9.23. The molecule has 0 radical (unpaired) electrons. The summed E-state index contributed by atoms with van der Waals surface area (Å²) in [5.41, 5.74) is 2.73. The lowest BCUT2D eigenvalue weighted by molar-refractivity contribution is 0.127. The van der Waals surface area contributed by atoms with Crippen LogP contribution in [0.4, 0.5) is 5.69 Å². The molecule has 3 nitrogen and oxygen atoms in total. The molecule has 3 rings (SSSR count). The van der Waals surface area contributed by atoms with Gasteiger partial charge in [-0.3, -0.25) is 4.90 Å². The number of benzene rings is 1. The second-order valence-corrected chi connectivity index (χ2v) is 6.74. The second-order valence-electron chi connectivity index (χ2n) is 6.74. The van der Waals surface area contributed by atoms with E-state index in [0.29, 0.717) is 12.5 Å². The molecule has 2 N–H and O–H groups in total. The molecule has 116 valence electrons. The third kappa shape index (κ3) is 3.98. The summed E-state index contributed by atoms with van der Waals surface area (Å²) in [4.78, 5) is 2.52. The molecule has 3 heteroatoms. The van der Waals surface area contributed by atoms with Crippen LogP contribution in [0.5, 0.6) is 0 Å². The Bertz CT molecular complexity index is 437. The van der Waals surface area contributed by atoms with E-state index >= 15 is 0 Å². The van der Waals surface area contributed by atoms with E-state index in [9.17, 15) is 5.11 Å². The van der Waals surface area contributed by atoms with Crippen molar-refractivity contribution in [1.29, 1.82) is 0 Å². The fourth-order valence-corrected chi connectivity index (χ4v) is 3.35. The van der Waals surface area contributed by atoms with Crippen molar-refractivity contribution in [2.75, 3.05) is 31.6 Å². The van der Waals surface area contributed by atoms with Crippen molar-refractivity contribution in [2.45, 2.75) is 38.6 Å². The molecule has 1 saturated heterocycles. The lowest BCUT2D eigenvalue weighted by Gasteiger charge is -2.32. The highest BCUT2D eigenvalue weighted by Crippen LogP contribution is 2.27. The number of hydrogen-bond donors (Lipinski definition) is 2. The van der Waals surface area contributed by atoms with Crippen LogP contribution in [0.15, 0.2) is 24.3 Å². The minimum atomic E-state index is 0.355. The average molecular weight is 288 g/mol. The van der Waals surface area contributed by atoms with Gasteiger partial charge in [0.1, 0.15) is 0 Å². The van der Waals surface area contributed by atoms with E-state index in [1.54, 1.807) is 0 Å². The maximum Gasteiger partial charge on any atom is 0.0460 e. The van der Waals surface area contributed by atoms with Crippen LogP contribution in [0.3, 0.4) is 0 Å². The number of hydrogen-bond acceptors (Lipinski definition) is 3. The number of aliphatic hydroxyl groups excluding tert-OH is 1. The zero-order valence-corrected chi connectivity index (χ0v) is 12.9. The molecule has 1 heterocycles. The minimum absolute atomic E-state index is 0.355. The number of aliphatic hydroxyl groups is 1. The predicted molar refractivity (Wildman–Crippen MR) is 87.4 cm³/mol. The maximum atomic E-state index is 9.23. The third-order valence-corrected chi connectivity index (χ3v) is 5.18. The SMILES string of the molecule is OCC1CCN(Cc2ccccc2NCC2CCC2)CC1. The second kappa shape index (κ2) is 7.28. The first-order valence-corrected chi connectivity index (χ1v) is 8.50. The van der Waals surface area contributed by atoms with Crippen LogP contribution in [0.25, 0.3) is 0 Å². The van der Waals surface area contributed by atoms with Gasteiger partial charge in [0.15, 0.2) is 0 Å². The summed E-state index contributed by atoms with van der Waals surface area (Å²) >= 11 is 0. The molecule has 0 atom stereocenters. The Morgan fingerprint density at radius 2 is 1.81 bits per heavy atom. The van der Waals surface area contributed by atoms with Crippen molar-refractivity contribution < 1.29 is 5.11 Å². The zero-order chi connectivity index (χ0) is 14.5. The smallest absolute Gasteiger partial charge is 0.0460 e. The molecule has 0 unspecified atom stereocenters. The average Bonchev–Trinajstić information content (AvgIpc) is 2.48. The van der Waals surface area contributed by atoms with Crippen LogP contribution in [0, 0.1) is 11.8 Å². The van der Waals surface area contributed by atoms with Crippen LogP contribution < -0.4 is 5.32 Å². The number of nitrogens with one attached hydrogen (secondary N) is 1. The molecular formula is C18H28N2O. The molecule has 1 aliphatic heterocycles. The molecule has 21 heavy (non-hydrogen) atoms. The summed E-state index contributed by atoms with van der Waals surface area (Å²) in [7, 11) is 0. The zero-order valence-electron chi connectivity index (χ0n) is 12.9. The van der Waals surface area contributed by atoms with E-state index in [2.05, 4.69) is 34.5 Å². The third-order valence-electron chi connectivity index (χ3n) is 5.18. The summed E-state index contributed by atoms with van der Waals surface area (Å²) in [5.74, 6) is 1.41. The van der Waals surface area contributed by atoms with Gasteiger partial charge in [-0.15, -0.1) is 0 Å². The van der Waals surface area contributed by atoms with E-state index in [-0.39, 0.29) is 0 Å². The van der Waals surface area contributed by atoms with E-state index in [1.807, 2.05) is 0 Å². The molecule has 0 spiro atoms. The van der Waals surface area contributed by atoms with Crippen LogP contribution in [0.1, 0.15) is 37.7 Å². The summed E-state index contributed by atoms with van der Waals surface area (Å²) in [6.45, 7) is 4.74. The summed E-state index contributed by atoms with van der Waals surface area (Å²) in [5, 5.41) is 12.9. The lowest BCUT2D eigenvalue weighted by atomic mass is 9.85. The van der Waals surface area contributed by atoms with Crippen molar-refractivity contribution in [3.8, 4) is 0 Å². The van der Waals surface area contributed by atoms with Gasteiger partial charge in [0.05, 0.1) is 0 Å². The number of para-hydroxylation sites is 1. The number of piperidine rings is 1. The van der Waals surface area contributed by atoms with Gasteiger partial charge < -0.3 is 10.4 Å². The fraction of sp³-hybridized carbons (Fsp3) is 0.667. The predicted octanol–water partition coefficient (Wildman–Crippen LogP) is 3.10. The molecule has 0 bridgehead atoms.